The lowest BCUT2D eigenvalue weighted by Crippen LogP contribution is -2.38. The molecular weight excluding hydrogens is 220 g/mol. The van der Waals surface area contributed by atoms with E-state index < -0.39 is 0 Å². The predicted molar refractivity (Wildman–Crippen MR) is 63.0 cm³/mol. The fourth-order valence-corrected chi connectivity index (χ4v) is 1.75. The zero-order valence-corrected chi connectivity index (χ0v) is 10.0. The van der Waals surface area contributed by atoms with Gasteiger partial charge in [0.2, 0.25) is 0 Å². The Bertz CT molecular complexity index is 663. The number of nitrogens with zero attached hydrogens (tertiary/aromatic N) is 4. The van der Waals surface area contributed by atoms with Gasteiger partial charge in [-0.15, -0.1) is 0 Å². The van der Waals surface area contributed by atoms with Crippen LogP contribution in [0.25, 0.3) is 0 Å². The molecule has 0 saturated carbocycles. The van der Waals surface area contributed by atoms with Crippen molar-refractivity contribution < 1.29 is 0 Å². The number of rotatable bonds is 2. The van der Waals surface area contributed by atoms with Gasteiger partial charge in [0.05, 0.1) is 12.7 Å². The van der Waals surface area contributed by atoms with Crippen LogP contribution in [0, 0.1) is 6.92 Å². The highest BCUT2D eigenvalue weighted by Crippen LogP contribution is 1.98. The molecule has 0 amide bonds. The van der Waals surface area contributed by atoms with Crippen LogP contribution in [0.15, 0.2) is 28.2 Å². The Morgan fingerprint density at radius 1 is 1.24 bits per heavy atom. The third kappa shape index (κ3) is 2.06. The molecule has 0 atom stereocenters. The summed E-state index contributed by atoms with van der Waals surface area (Å²) in [4.78, 5) is 23.4. The van der Waals surface area contributed by atoms with Crippen molar-refractivity contribution in [3.63, 3.8) is 0 Å². The highest BCUT2D eigenvalue weighted by Gasteiger charge is 2.06. The lowest BCUT2D eigenvalue weighted by atomic mass is 10.3. The zero-order valence-electron chi connectivity index (χ0n) is 10.0. The van der Waals surface area contributed by atoms with Crippen molar-refractivity contribution >= 4 is 0 Å². The molecule has 2 aromatic rings. The van der Waals surface area contributed by atoms with Crippen molar-refractivity contribution in [1.29, 1.82) is 0 Å². The molecule has 6 nitrogen and oxygen atoms in total. The molecule has 90 valence electrons. The molecule has 0 N–H and O–H groups in total. The SMILES string of the molecule is Cc1cn(Cc2cnn(C)c2)c(=O)n(C)c1=O. The minimum Gasteiger partial charge on any atom is -0.296 e. The molecule has 6 heteroatoms. The van der Waals surface area contributed by atoms with E-state index in [4.69, 9.17) is 0 Å². The van der Waals surface area contributed by atoms with Crippen LogP contribution < -0.4 is 11.2 Å². The van der Waals surface area contributed by atoms with E-state index in [1.807, 2.05) is 13.2 Å². The number of hydrogen-bond acceptors (Lipinski definition) is 3. The summed E-state index contributed by atoms with van der Waals surface area (Å²) in [7, 11) is 3.30. The Kier molecular flexibility index (Phi) is 2.71. The summed E-state index contributed by atoms with van der Waals surface area (Å²) in [5, 5.41) is 4.04. The van der Waals surface area contributed by atoms with E-state index >= 15 is 0 Å². The monoisotopic (exact) mass is 234 g/mol. The van der Waals surface area contributed by atoms with Crippen molar-refractivity contribution in [2.45, 2.75) is 13.5 Å². The molecular formula is C11H14N4O2. The van der Waals surface area contributed by atoms with Crippen LogP contribution in [-0.4, -0.2) is 18.9 Å². The van der Waals surface area contributed by atoms with E-state index in [0.717, 1.165) is 10.1 Å². The molecule has 2 aromatic heterocycles. The maximum atomic E-state index is 11.9. The van der Waals surface area contributed by atoms with E-state index in [0.29, 0.717) is 12.1 Å². The average molecular weight is 234 g/mol. The van der Waals surface area contributed by atoms with Gasteiger partial charge in [-0.25, -0.2) is 4.79 Å². The quantitative estimate of drug-likeness (QED) is 0.712. The maximum absolute atomic E-state index is 11.9. The summed E-state index contributed by atoms with van der Waals surface area (Å²) in [6.45, 7) is 2.11. The molecule has 0 bridgehead atoms. The van der Waals surface area contributed by atoms with Gasteiger partial charge in [0.25, 0.3) is 5.56 Å². The molecule has 0 spiro atoms. The first-order valence-corrected chi connectivity index (χ1v) is 5.23. The Morgan fingerprint density at radius 3 is 2.53 bits per heavy atom. The van der Waals surface area contributed by atoms with Crippen molar-refractivity contribution in [2.75, 3.05) is 0 Å². The fourth-order valence-electron chi connectivity index (χ4n) is 1.75. The molecule has 0 aliphatic rings. The van der Waals surface area contributed by atoms with Crippen molar-refractivity contribution in [3.05, 3.63) is 50.6 Å². The highest BCUT2D eigenvalue weighted by molar-refractivity contribution is 5.08. The molecule has 0 aliphatic heterocycles. The first kappa shape index (κ1) is 11.4. The summed E-state index contributed by atoms with van der Waals surface area (Å²) >= 11 is 0. The van der Waals surface area contributed by atoms with Crippen LogP contribution in [0.5, 0.6) is 0 Å². The normalized spacial score (nSPS) is 10.8. The second-order valence-corrected chi connectivity index (χ2v) is 4.11. The molecule has 0 radical (unpaired) electrons. The van der Waals surface area contributed by atoms with Gasteiger partial charge in [0.15, 0.2) is 0 Å². The fraction of sp³-hybridized carbons (Fsp3) is 0.364. The van der Waals surface area contributed by atoms with Gasteiger partial charge in [-0.2, -0.15) is 5.10 Å². The third-order valence-electron chi connectivity index (χ3n) is 2.64. The Balaban J connectivity index is 2.47. The second kappa shape index (κ2) is 4.04. The Labute approximate surface area is 97.7 Å². The average Bonchev–Trinajstić information content (AvgIpc) is 2.69. The van der Waals surface area contributed by atoms with Crippen LogP contribution in [-0.2, 0) is 20.6 Å². The van der Waals surface area contributed by atoms with Crippen LogP contribution in [0.3, 0.4) is 0 Å². The third-order valence-corrected chi connectivity index (χ3v) is 2.64. The van der Waals surface area contributed by atoms with Crippen LogP contribution in [0.2, 0.25) is 0 Å². The molecule has 17 heavy (non-hydrogen) atoms. The van der Waals surface area contributed by atoms with Gasteiger partial charge >= 0.3 is 5.69 Å². The summed E-state index contributed by atoms with van der Waals surface area (Å²) in [5.41, 5.74) is 0.908. The summed E-state index contributed by atoms with van der Waals surface area (Å²) in [6, 6.07) is 0. The van der Waals surface area contributed by atoms with Crippen LogP contribution >= 0.6 is 0 Å². The van der Waals surface area contributed by atoms with Crippen molar-refractivity contribution in [1.82, 2.24) is 18.9 Å². The largest absolute Gasteiger partial charge is 0.331 e. The number of aryl methyl sites for hydroxylation is 2. The minimum atomic E-state index is -0.315. The first-order chi connectivity index (χ1) is 7.99. The minimum absolute atomic E-state index is 0.252. The molecule has 0 aromatic carbocycles. The predicted octanol–water partition coefficient (Wildman–Crippen LogP) is -0.363. The Morgan fingerprint density at radius 2 is 1.94 bits per heavy atom. The standard InChI is InChI=1S/C11H14N4O2/c1-8-5-15(11(17)14(3)10(8)16)7-9-4-12-13(2)6-9/h4-6H,7H2,1-3H3. The molecule has 2 heterocycles. The lowest BCUT2D eigenvalue weighted by Gasteiger charge is -2.07. The van der Waals surface area contributed by atoms with Gasteiger partial charge in [0, 0.05) is 37.6 Å². The number of hydrogen-bond donors (Lipinski definition) is 0. The Hall–Kier alpha value is -2.11. The zero-order chi connectivity index (χ0) is 12.6. The van der Waals surface area contributed by atoms with Crippen molar-refractivity contribution in [2.24, 2.45) is 14.1 Å². The van der Waals surface area contributed by atoms with E-state index in [2.05, 4.69) is 5.10 Å². The molecule has 0 fully saturated rings. The van der Waals surface area contributed by atoms with Gasteiger partial charge in [-0.3, -0.25) is 18.6 Å². The summed E-state index contributed by atoms with van der Waals surface area (Å²) in [6.07, 6.45) is 5.12. The first-order valence-electron chi connectivity index (χ1n) is 5.23. The second-order valence-electron chi connectivity index (χ2n) is 4.11. The lowest BCUT2D eigenvalue weighted by molar-refractivity contribution is 0.638. The smallest absolute Gasteiger partial charge is 0.296 e. The molecule has 2 rings (SSSR count). The van der Waals surface area contributed by atoms with Gasteiger partial charge in [-0.05, 0) is 6.92 Å². The molecule has 0 aliphatic carbocycles. The van der Waals surface area contributed by atoms with Crippen LogP contribution in [0.4, 0.5) is 0 Å². The van der Waals surface area contributed by atoms with Crippen LogP contribution in [0.1, 0.15) is 11.1 Å². The van der Waals surface area contributed by atoms with Gasteiger partial charge in [-0.1, -0.05) is 0 Å². The molecule has 0 saturated heterocycles. The van der Waals surface area contributed by atoms with E-state index in [1.54, 1.807) is 24.0 Å². The number of aromatic nitrogens is 4. The van der Waals surface area contributed by atoms with E-state index in [-0.39, 0.29) is 11.2 Å². The van der Waals surface area contributed by atoms with Crippen molar-refractivity contribution in [3.8, 4) is 0 Å². The molecule has 0 unspecified atom stereocenters. The van der Waals surface area contributed by atoms with E-state index in [1.165, 1.54) is 11.6 Å². The highest BCUT2D eigenvalue weighted by atomic mass is 16.2. The topological polar surface area (TPSA) is 61.8 Å². The summed E-state index contributed by atoms with van der Waals surface area (Å²) < 4.78 is 4.30. The van der Waals surface area contributed by atoms with Gasteiger partial charge < -0.3 is 0 Å². The summed E-state index contributed by atoms with van der Waals surface area (Å²) in [5.74, 6) is 0. The van der Waals surface area contributed by atoms with E-state index in [9.17, 15) is 9.59 Å². The van der Waals surface area contributed by atoms with Gasteiger partial charge in [0.1, 0.15) is 0 Å². The maximum Gasteiger partial charge on any atom is 0.331 e.